The highest BCUT2D eigenvalue weighted by Crippen LogP contribution is 2.42. The van der Waals surface area contributed by atoms with Crippen molar-refractivity contribution in [1.29, 1.82) is 0 Å². The third-order valence-electron chi connectivity index (χ3n) is 5.21. The van der Waals surface area contributed by atoms with Crippen LogP contribution in [0.15, 0.2) is 42.0 Å². The molecule has 1 aromatic carbocycles. The summed E-state index contributed by atoms with van der Waals surface area (Å²) in [7, 11) is 0. The molecule has 27 heavy (non-hydrogen) atoms. The van der Waals surface area contributed by atoms with Gasteiger partial charge in [-0.15, -0.1) is 0 Å². The lowest BCUT2D eigenvalue weighted by atomic mass is 9.84. The summed E-state index contributed by atoms with van der Waals surface area (Å²) in [6, 6.07) is 8.32. The Morgan fingerprint density at radius 1 is 1.22 bits per heavy atom. The highest BCUT2D eigenvalue weighted by molar-refractivity contribution is 5.94. The van der Waals surface area contributed by atoms with Crippen LogP contribution in [0.5, 0.6) is 0 Å². The average Bonchev–Trinajstić information content (AvgIpc) is 2.88. The summed E-state index contributed by atoms with van der Waals surface area (Å²) < 4.78 is 5.16. The van der Waals surface area contributed by atoms with Crippen LogP contribution >= 0.6 is 0 Å². The van der Waals surface area contributed by atoms with Crippen LogP contribution in [-0.4, -0.2) is 57.9 Å². The molecule has 0 spiro atoms. The molecule has 5 rings (SSSR count). The maximum absolute atomic E-state index is 13.1. The minimum Gasteiger partial charge on any atom is -0.448 e. The minimum atomic E-state index is -0.894. The van der Waals surface area contributed by atoms with Crippen molar-refractivity contribution in [2.45, 2.75) is 39.1 Å². The van der Waals surface area contributed by atoms with Crippen LogP contribution in [0.25, 0.3) is 0 Å². The molecule has 4 aliphatic rings. The average molecular weight is 371 g/mol. The Morgan fingerprint density at radius 3 is 2.59 bits per heavy atom. The fourth-order valence-electron chi connectivity index (χ4n) is 3.83. The van der Waals surface area contributed by atoms with Crippen LogP contribution in [-0.2, 0) is 14.4 Å². The number of rotatable bonds is 2. The van der Waals surface area contributed by atoms with E-state index in [1.54, 1.807) is 44.2 Å². The van der Waals surface area contributed by atoms with E-state index >= 15 is 0 Å². The fraction of sp³-hybridized carbons (Fsp3) is 0.421. The number of hydrogen-bond acceptors (Lipinski definition) is 5. The van der Waals surface area contributed by atoms with Crippen molar-refractivity contribution in [3.05, 3.63) is 47.5 Å². The number of hydrogen-bond donors (Lipinski definition) is 0. The first-order valence-electron chi connectivity index (χ1n) is 8.98. The van der Waals surface area contributed by atoms with E-state index in [1.807, 2.05) is 13.0 Å². The zero-order valence-electron chi connectivity index (χ0n) is 15.4. The summed E-state index contributed by atoms with van der Waals surface area (Å²) in [5.41, 5.74) is 1.31. The van der Waals surface area contributed by atoms with Crippen LogP contribution in [0.4, 0.5) is 4.79 Å². The van der Waals surface area contributed by atoms with Gasteiger partial charge in [0.1, 0.15) is 6.10 Å². The van der Waals surface area contributed by atoms with E-state index in [1.165, 1.54) is 15.1 Å². The molecule has 8 heteroatoms. The summed E-state index contributed by atoms with van der Waals surface area (Å²) >= 11 is 0. The molecule has 0 aliphatic carbocycles. The molecule has 3 amide bonds. The topological polar surface area (TPSA) is 79.4 Å². The summed E-state index contributed by atoms with van der Waals surface area (Å²) in [5, 5.41) is 3.75. The highest BCUT2D eigenvalue weighted by atomic mass is 16.7. The van der Waals surface area contributed by atoms with Crippen molar-refractivity contribution in [2.75, 3.05) is 6.61 Å². The Labute approximate surface area is 156 Å². The Hall–Kier alpha value is -2.87. The predicted molar refractivity (Wildman–Crippen MR) is 93.7 cm³/mol. The zero-order chi connectivity index (χ0) is 19.3. The Morgan fingerprint density at radius 2 is 1.93 bits per heavy atom. The molecule has 8 nitrogen and oxygen atoms in total. The zero-order valence-corrected chi connectivity index (χ0v) is 15.4. The van der Waals surface area contributed by atoms with Gasteiger partial charge in [-0.3, -0.25) is 14.4 Å². The van der Waals surface area contributed by atoms with E-state index in [9.17, 15) is 14.4 Å². The van der Waals surface area contributed by atoms with E-state index in [0.29, 0.717) is 5.56 Å². The quantitative estimate of drug-likeness (QED) is 0.586. The largest absolute Gasteiger partial charge is 0.448 e. The number of nitrogens with zero attached hydrogens (tertiary/aromatic N) is 3. The van der Waals surface area contributed by atoms with Crippen LogP contribution in [0.3, 0.4) is 0 Å². The van der Waals surface area contributed by atoms with Crippen molar-refractivity contribution < 1.29 is 24.0 Å². The summed E-state index contributed by atoms with van der Waals surface area (Å²) in [5.74, 6) is -0.893. The predicted octanol–water partition coefficient (Wildman–Crippen LogP) is 1.95. The summed E-state index contributed by atoms with van der Waals surface area (Å²) in [6.07, 6.45) is -0.297. The molecular formula is C19H21N3O5. The van der Waals surface area contributed by atoms with E-state index in [0.717, 1.165) is 5.57 Å². The highest BCUT2D eigenvalue weighted by Gasteiger charge is 2.61. The van der Waals surface area contributed by atoms with Gasteiger partial charge in [-0.2, -0.15) is 10.1 Å². The number of carbonyl (C=O) groups excluding carboxylic acids is 3. The first-order valence-corrected chi connectivity index (χ1v) is 8.98. The number of fused-ring (bicyclic) bond motifs is 1. The van der Waals surface area contributed by atoms with E-state index in [2.05, 4.69) is 0 Å². The van der Waals surface area contributed by atoms with Gasteiger partial charge in [-0.05, 0) is 37.6 Å². The lowest BCUT2D eigenvalue weighted by molar-refractivity contribution is -0.187. The van der Waals surface area contributed by atoms with Crippen molar-refractivity contribution in [3.8, 4) is 0 Å². The molecule has 0 N–H and O–H groups in total. The van der Waals surface area contributed by atoms with Gasteiger partial charge in [0.25, 0.3) is 5.91 Å². The first-order chi connectivity index (χ1) is 13.0. The van der Waals surface area contributed by atoms with Crippen LogP contribution in [0.1, 0.15) is 31.1 Å². The molecule has 142 valence electrons. The lowest BCUT2D eigenvalue weighted by Crippen LogP contribution is -2.70. The minimum absolute atomic E-state index is 0.157. The van der Waals surface area contributed by atoms with E-state index < -0.39 is 18.4 Å². The van der Waals surface area contributed by atoms with Gasteiger partial charge in [-0.1, -0.05) is 25.1 Å². The summed E-state index contributed by atoms with van der Waals surface area (Å²) in [6.45, 7) is 5.52. The second kappa shape index (κ2) is 6.38. The Balaban J connectivity index is 1.77. The van der Waals surface area contributed by atoms with Crippen LogP contribution in [0.2, 0.25) is 0 Å². The maximum atomic E-state index is 13.1. The molecule has 4 heterocycles. The third kappa shape index (κ3) is 2.51. The third-order valence-corrected chi connectivity index (χ3v) is 5.21. The molecule has 2 saturated heterocycles. The SMILES string of the molecule is CCOC(=O)N1[C@H]2C=C(C)[C@H](ON2C(=O)c2ccccc2)[C@H]2[C@@H](C)C(=O)N21. The van der Waals surface area contributed by atoms with Crippen molar-refractivity contribution in [3.63, 3.8) is 0 Å². The second-order valence-corrected chi connectivity index (χ2v) is 6.85. The van der Waals surface area contributed by atoms with Gasteiger partial charge in [0, 0.05) is 5.56 Å². The first kappa shape index (κ1) is 17.5. The number of benzene rings is 1. The standard InChI is InChI=1S/C19H21N3O5/c1-4-26-19(25)20-14-10-11(2)16(15-12(3)17(23)21(15)20)27-22(14)18(24)13-8-6-5-7-9-13/h5-10,12,14-16H,4H2,1-3H3/t12-,14-,15-,16+/m1/s1. The number of hydroxylamine groups is 2. The molecule has 0 aromatic heterocycles. The van der Waals surface area contributed by atoms with E-state index in [-0.39, 0.29) is 30.4 Å². The van der Waals surface area contributed by atoms with Gasteiger partial charge in [0.15, 0.2) is 6.17 Å². The monoisotopic (exact) mass is 371 g/mol. The molecule has 4 atom stereocenters. The van der Waals surface area contributed by atoms with Crippen LogP contribution < -0.4 is 0 Å². The molecule has 2 bridgehead atoms. The molecule has 0 unspecified atom stereocenters. The van der Waals surface area contributed by atoms with Gasteiger partial charge in [0.05, 0.1) is 18.6 Å². The molecule has 4 aliphatic heterocycles. The molecule has 0 radical (unpaired) electrons. The summed E-state index contributed by atoms with van der Waals surface area (Å²) in [4.78, 5) is 44.3. The van der Waals surface area contributed by atoms with Gasteiger partial charge < -0.3 is 4.74 Å². The number of β-lactam (4-membered cyclic amide) rings is 1. The number of hydrazine groups is 1. The van der Waals surface area contributed by atoms with Crippen molar-refractivity contribution in [1.82, 2.24) is 15.1 Å². The molecule has 0 saturated carbocycles. The van der Waals surface area contributed by atoms with Crippen molar-refractivity contribution in [2.24, 2.45) is 5.92 Å². The van der Waals surface area contributed by atoms with Crippen molar-refractivity contribution >= 4 is 17.9 Å². The maximum Gasteiger partial charge on any atom is 0.431 e. The fourth-order valence-corrected chi connectivity index (χ4v) is 3.83. The lowest BCUT2D eigenvalue weighted by Gasteiger charge is -2.49. The number of ether oxygens (including phenoxy) is 1. The Kier molecular flexibility index (Phi) is 4.15. The van der Waals surface area contributed by atoms with Gasteiger partial charge in [-0.25, -0.2) is 9.80 Å². The molecule has 1 aromatic rings. The van der Waals surface area contributed by atoms with Gasteiger partial charge >= 0.3 is 6.09 Å². The van der Waals surface area contributed by atoms with E-state index in [4.69, 9.17) is 9.57 Å². The van der Waals surface area contributed by atoms with Crippen LogP contribution in [0, 0.1) is 5.92 Å². The second-order valence-electron chi connectivity index (χ2n) is 6.85. The van der Waals surface area contributed by atoms with Gasteiger partial charge in [0.2, 0.25) is 5.91 Å². The normalized spacial score (nSPS) is 28.9. The number of carbonyl (C=O) groups is 3. The smallest absolute Gasteiger partial charge is 0.431 e. The molecule has 2 fully saturated rings. The molecular weight excluding hydrogens is 350 g/mol. The Bertz CT molecular complexity index is 824. The number of amides is 3.